The monoisotopic (exact) mass is 414 g/mol. The molecule has 3 fully saturated rings. The van der Waals surface area contributed by atoms with Gasteiger partial charge in [0.15, 0.2) is 5.78 Å². The molecule has 4 rings (SSSR count). The maximum absolute atomic E-state index is 12.1. The van der Waals surface area contributed by atoms with Gasteiger partial charge in [0.1, 0.15) is 0 Å². The van der Waals surface area contributed by atoms with Crippen LogP contribution in [0.5, 0.6) is 0 Å². The van der Waals surface area contributed by atoms with E-state index >= 15 is 0 Å². The lowest BCUT2D eigenvalue weighted by atomic mass is 9.46. The molecule has 0 heterocycles. The third kappa shape index (κ3) is 3.54. The van der Waals surface area contributed by atoms with Crippen LogP contribution >= 0.6 is 0 Å². The lowest BCUT2D eigenvalue weighted by Gasteiger charge is -2.59. The van der Waals surface area contributed by atoms with Gasteiger partial charge < -0.3 is 5.11 Å². The van der Waals surface area contributed by atoms with Crippen LogP contribution in [0, 0.1) is 52.3 Å². The highest BCUT2D eigenvalue weighted by Gasteiger charge is 2.60. The molecule has 0 aromatic rings. The molecule has 3 saturated carbocycles. The third-order valence-corrected chi connectivity index (χ3v) is 11.0. The predicted molar refractivity (Wildman–Crippen MR) is 124 cm³/mol. The summed E-state index contributed by atoms with van der Waals surface area (Å²) in [4.78, 5) is 12.1. The molecule has 0 saturated heterocycles. The summed E-state index contributed by atoms with van der Waals surface area (Å²) in [5.74, 6) is 5.55. The van der Waals surface area contributed by atoms with Crippen LogP contribution < -0.4 is 0 Å². The predicted octanol–water partition coefficient (Wildman–Crippen LogP) is 6.81. The minimum absolute atomic E-state index is 0.0496. The number of aliphatic hydroxyl groups excluding tert-OH is 1. The largest absolute Gasteiger partial charge is 0.389 e. The Morgan fingerprint density at radius 3 is 2.47 bits per heavy atom. The topological polar surface area (TPSA) is 37.3 Å². The fourth-order valence-corrected chi connectivity index (χ4v) is 8.64. The number of hydrogen-bond acceptors (Lipinski definition) is 2. The maximum atomic E-state index is 12.1. The quantitative estimate of drug-likeness (QED) is 0.536. The van der Waals surface area contributed by atoms with Crippen LogP contribution in [0.4, 0.5) is 0 Å². The number of carbonyl (C=O) groups excluding carboxylic acids is 1. The Morgan fingerprint density at radius 2 is 1.77 bits per heavy atom. The van der Waals surface area contributed by atoms with E-state index in [4.69, 9.17) is 0 Å². The lowest BCUT2D eigenvalue weighted by Crippen LogP contribution is -2.54. The molecule has 4 aliphatic rings. The zero-order valence-corrected chi connectivity index (χ0v) is 20.4. The molecule has 2 heteroatoms. The first-order valence-electron chi connectivity index (χ1n) is 13.0. The highest BCUT2D eigenvalue weighted by atomic mass is 16.3. The number of aliphatic hydroxyl groups is 1. The van der Waals surface area contributed by atoms with Gasteiger partial charge in [0.25, 0.3) is 0 Å². The Bertz CT molecular complexity index is 693. The summed E-state index contributed by atoms with van der Waals surface area (Å²) < 4.78 is 0. The Balaban J connectivity index is 1.52. The highest BCUT2D eigenvalue weighted by molar-refractivity contribution is 5.91. The summed E-state index contributed by atoms with van der Waals surface area (Å²) in [6.07, 6.45) is 12.1. The average molecular weight is 415 g/mol. The normalized spacial score (nSPS) is 45.4. The van der Waals surface area contributed by atoms with E-state index in [9.17, 15) is 9.90 Å². The first kappa shape index (κ1) is 22.6. The van der Waals surface area contributed by atoms with Crippen molar-refractivity contribution in [3.8, 4) is 0 Å². The van der Waals surface area contributed by atoms with Crippen molar-refractivity contribution < 1.29 is 9.90 Å². The zero-order valence-electron chi connectivity index (χ0n) is 20.4. The SMILES string of the molecule is CC(C)[C@@H](C)CC[C@@H](C)[C@H]1CC[C@H]2[C@@H]3C[C@@H](O)C4=CC(=O)CC[C@]4(C)[C@H]3CC[C@]12C. The van der Waals surface area contributed by atoms with Crippen molar-refractivity contribution in [2.24, 2.45) is 52.3 Å². The van der Waals surface area contributed by atoms with Crippen molar-refractivity contribution in [3.05, 3.63) is 11.6 Å². The molecule has 0 bridgehead atoms. The first-order chi connectivity index (χ1) is 14.1. The zero-order chi connectivity index (χ0) is 21.8. The summed E-state index contributed by atoms with van der Waals surface area (Å²) in [5, 5.41) is 11.1. The van der Waals surface area contributed by atoms with Crippen molar-refractivity contribution in [1.82, 2.24) is 0 Å². The number of ketones is 1. The molecule has 1 N–H and O–H groups in total. The molecule has 9 atom stereocenters. The number of rotatable bonds is 5. The number of carbonyl (C=O) groups is 1. The van der Waals surface area contributed by atoms with Crippen LogP contribution in [-0.4, -0.2) is 17.0 Å². The van der Waals surface area contributed by atoms with E-state index in [-0.39, 0.29) is 11.2 Å². The van der Waals surface area contributed by atoms with Gasteiger partial charge >= 0.3 is 0 Å². The van der Waals surface area contributed by atoms with E-state index in [0.29, 0.717) is 23.7 Å². The highest BCUT2D eigenvalue weighted by Crippen LogP contribution is 2.67. The van der Waals surface area contributed by atoms with E-state index in [1.165, 1.54) is 38.5 Å². The standard InChI is InChI=1S/C28H46O2/c1-17(2)18(3)7-8-19(4)22-9-10-23-21-16-26(30)25-15-20(29)11-13-28(25,6)24(21)12-14-27(22,23)5/h15,17-19,21-24,26,30H,7-14,16H2,1-6H3/t18-,19+,21-,22+,23-,24-,26+,27+,28+/m0/s1. The average Bonchev–Trinajstić information content (AvgIpc) is 3.04. The Morgan fingerprint density at radius 1 is 1.03 bits per heavy atom. The van der Waals surface area contributed by atoms with E-state index in [0.717, 1.165) is 48.0 Å². The summed E-state index contributed by atoms with van der Waals surface area (Å²) in [6.45, 7) is 14.7. The van der Waals surface area contributed by atoms with Gasteiger partial charge in [-0.1, -0.05) is 54.4 Å². The van der Waals surface area contributed by atoms with Crippen molar-refractivity contribution in [2.45, 2.75) is 105 Å². The van der Waals surface area contributed by atoms with Gasteiger partial charge in [0.05, 0.1) is 6.10 Å². The van der Waals surface area contributed by atoms with Gasteiger partial charge in [-0.3, -0.25) is 4.79 Å². The summed E-state index contributed by atoms with van der Waals surface area (Å²) in [5.41, 5.74) is 1.58. The van der Waals surface area contributed by atoms with Crippen LogP contribution in [0.3, 0.4) is 0 Å². The second-order valence-electron chi connectivity index (χ2n) is 12.6. The fraction of sp³-hybridized carbons (Fsp3) is 0.893. The van der Waals surface area contributed by atoms with Gasteiger partial charge in [-0.25, -0.2) is 0 Å². The van der Waals surface area contributed by atoms with Crippen molar-refractivity contribution in [3.63, 3.8) is 0 Å². The van der Waals surface area contributed by atoms with Crippen LogP contribution in [-0.2, 0) is 4.79 Å². The van der Waals surface area contributed by atoms with Crippen LogP contribution in [0.15, 0.2) is 11.6 Å². The van der Waals surface area contributed by atoms with Crippen LogP contribution in [0.25, 0.3) is 0 Å². The minimum atomic E-state index is -0.397. The molecule has 0 unspecified atom stereocenters. The van der Waals surface area contributed by atoms with E-state index in [1.807, 2.05) is 6.08 Å². The van der Waals surface area contributed by atoms with Crippen LogP contribution in [0.2, 0.25) is 0 Å². The van der Waals surface area contributed by atoms with Crippen molar-refractivity contribution in [1.29, 1.82) is 0 Å². The molecule has 0 amide bonds. The molecule has 30 heavy (non-hydrogen) atoms. The lowest BCUT2D eigenvalue weighted by molar-refractivity contribution is -0.119. The van der Waals surface area contributed by atoms with E-state index in [2.05, 4.69) is 41.5 Å². The van der Waals surface area contributed by atoms with Gasteiger partial charge in [-0.15, -0.1) is 0 Å². The second kappa shape index (κ2) is 8.05. The van der Waals surface area contributed by atoms with E-state index < -0.39 is 6.10 Å². The molecule has 0 radical (unpaired) electrons. The molecular formula is C28H46O2. The molecule has 170 valence electrons. The van der Waals surface area contributed by atoms with Crippen molar-refractivity contribution in [2.75, 3.05) is 0 Å². The smallest absolute Gasteiger partial charge is 0.155 e. The molecule has 4 aliphatic carbocycles. The summed E-state index contributed by atoms with van der Waals surface area (Å²) in [6, 6.07) is 0. The third-order valence-electron chi connectivity index (χ3n) is 11.0. The molecular weight excluding hydrogens is 368 g/mol. The number of hydrogen-bond donors (Lipinski definition) is 1. The Labute approximate surface area is 185 Å². The summed E-state index contributed by atoms with van der Waals surface area (Å²) >= 11 is 0. The minimum Gasteiger partial charge on any atom is -0.389 e. The fourth-order valence-electron chi connectivity index (χ4n) is 8.64. The molecule has 0 aromatic heterocycles. The van der Waals surface area contributed by atoms with Gasteiger partial charge in [-0.05, 0) is 102 Å². The molecule has 0 aromatic carbocycles. The van der Waals surface area contributed by atoms with Gasteiger partial charge in [-0.2, -0.15) is 0 Å². The van der Waals surface area contributed by atoms with Gasteiger partial charge in [0.2, 0.25) is 0 Å². The maximum Gasteiger partial charge on any atom is 0.155 e. The number of fused-ring (bicyclic) bond motifs is 5. The molecule has 2 nitrogen and oxygen atoms in total. The summed E-state index contributed by atoms with van der Waals surface area (Å²) in [7, 11) is 0. The van der Waals surface area contributed by atoms with E-state index in [1.54, 1.807) is 0 Å². The van der Waals surface area contributed by atoms with Gasteiger partial charge in [0, 0.05) is 6.42 Å². The first-order valence-corrected chi connectivity index (χ1v) is 13.0. The molecule has 0 aliphatic heterocycles. The Hall–Kier alpha value is -0.630. The van der Waals surface area contributed by atoms with Crippen LogP contribution in [0.1, 0.15) is 99.3 Å². The Kier molecular flexibility index (Phi) is 6.06. The van der Waals surface area contributed by atoms with Crippen molar-refractivity contribution >= 4 is 5.78 Å². The second-order valence-corrected chi connectivity index (χ2v) is 12.6. The molecule has 0 spiro atoms.